The molecule has 0 aliphatic rings. The minimum atomic E-state index is 0.962. The summed E-state index contributed by atoms with van der Waals surface area (Å²) in [5.41, 5.74) is 2.19. The standard InChI is InChI=1S/C27H42/c1-5-9-13-16-20-24-26(22-18-12-8-4)27(23-19-15-11-7-3)25-21-17-14-10-6-2/h5-18,22H2,1-4H3/b27-26-. The molecule has 0 bridgehead atoms. The zero-order chi connectivity index (χ0) is 20.0. The van der Waals surface area contributed by atoms with Crippen LogP contribution in [0.4, 0.5) is 0 Å². The Morgan fingerprint density at radius 3 is 1.44 bits per heavy atom. The molecule has 0 heterocycles. The van der Waals surface area contributed by atoms with Gasteiger partial charge in [-0.15, -0.1) is 0 Å². The summed E-state index contributed by atoms with van der Waals surface area (Å²) < 4.78 is 0. The second kappa shape index (κ2) is 20.7. The van der Waals surface area contributed by atoms with Gasteiger partial charge in [-0.3, -0.25) is 0 Å². The first-order valence-corrected chi connectivity index (χ1v) is 11.5. The third kappa shape index (κ3) is 16.3. The first-order chi connectivity index (χ1) is 13.3. The molecule has 0 aromatic heterocycles. The Morgan fingerprint density at radius 1 is 0.481 bits per heavy atom. The van der Waals surface area contributed by atoms with E-state index in [2.05, 4.69) is 63.2 Å². The fourth-order valence-corrected chi connectivity index (χ4v) is 2.65. The van der Waals surface area contributed by atoms with E-state index in [4.69, 9.17) is 0 Å². The van der Waals surface area contributed by atoms with Crippen LogP contribution < -0.4 is 0 Å². The predicted octanol–water partition coefficient (Wildman–Crippen LogP) is 8.22. The molecule has 0 aliphatic heterocycles. The Kier molecular flexibility index (Phi) is 19.5. The average molecular weight is 367 g/mol. The molecule has 0 aromatic carbocycles. The molecule has 0 radical (unpaired) electrons. The van der Waals surface area contributed by atoms with Gasteiger partial charge < -0.3 is 0 Å². The maximum atomic E-state index is 3.46. The number of unbranched alkanes of at least 4 members (excludes halogenated alkanes) is 10. The quantitative estimate of drug-likeness (QED) is 0.241. The summed E-state index contributed by atoms with van der Waals surface area (Å²) in [6, 6.07) is 0. The van der Waals surface area contributed by atoms with E-state index < -0.39 is 0 Å². The second-order valence-electron chi connectivity index (χ2n) is 7.23. The molecule has 0 heteroatoms. The summed E-state index contributed by atoms with van der Waals surface area (Å²) in [6.07, 6.45) is 17.4. The highest BCUT2D eigenvalue weighted by atomic mass is 14.0. The lowest BCUT2D eigenvalue weighted by Gasteiger charge is -2.01. The zero-order valence-corrected chi connectivity index (χ0v) is 18.6. The SMILES string of the molecule is CCCCC#C/C(C#CCCCCC)=C(/C#CCCCCC)CCCCC. The van der Waals surface area contributed by atoms with Crippen LogP contribution in [0.5, 0.6) is 0 Å². The first kappa shape index (κ1) is 25.4. The molecule has 0 rings (SSSR count). The van der Waals surface area contributed by atoms with Crippen LogP contribution in [0.2, 0.25) is 0 Å². The van der Waals surface area contributed by atoms with Gasteiger partial charge in [0.15, 0.2) is 0 Å². The highest BCUT2D eigenvalue weighted by Crippen LogP contribution is 2.14. The average Bonchev–Trinajstić information content (AvgIpc) is 2.68. The van der Waals surface area contributed by atoms with Gasteiger partial charge in [0.2, 0.25) is 0 Å². The van der Waals surface area contributed by atoms with Crippen molar-refractivity contribution >= 4 is 0 Å². The van der Waals surface area contributed by atoms with Crippen molar-refractivity contribution in [2.75, 3.05) is 0 Å². The summed E-state index contributed by atoms with van der Waals surface area (Å²) in [4.78, 5) is 0. The van der Waals surface area contributed by atoms with Crippen molar-refractivity contribution in [3.8, 4) is 35.5 Å². The van der Waals surface area contributed by atoms with Gasteiger partial charge >= 0.3 is 0 Å². The maximum Gasteiger partial charge on any atom is 0.0859 e. The molecule has 27 heavy (non-hydrogen) atoms. The molecule has 0 nitrogen and oxygen atoms in total. The Hall–Kier alpha value is -1.58. The third-order valence-electron chi connectivity index (χ3n) is 4.46. The minimum absolute atomic E-state index is 0.962. The van der Waals surface area contributed by atoms with Gasteiger partial charge in [-0.05, 0) is 32.1 Å². The summed E-state index contributed by atoms with van der Waals surface area (Å²) in [5, 5.41) is 0. The van der Waals surface area contributed by atoms with E-state index >= 15 is 0 Å². The summed E-state index contributed by atoms with van der Waals surface area (Å²) in [5.74, 6) is 20.3. The zero-order valence-electron chi connectivity index (χ0n) is 18.6. The molecule has 0 aromatic rings. The Labute approximate surface area is 171 Å². The summed E-state index contributed by atoms with van der Waals surface area (Å²) in [7, 11) is 0. The molecule has 0 aliphatic carbocycles. The Morgan fingerprint density at radius 2 is 0.926 bits per heavy atom. The Balaban J connectivity index is 5.36. The van der Waals surface area contributed by atoms with Gasteiger partial charge in [-0.25, -0.2) is 0 Å². The van der Waals surface area contributed by atoms with Gasteiger partial charge in [0.1, 0.15) is 0 Å². The fourth-order valence-electron chi connectivity index (χ4n) is 2.65. The highest BCUT2D eigenvalue weighted by molar-refractivity contribution is 5.53. The molecule has 0 saturated carbocycles. The second-order valence-corrected chi connectivity index (χ2v) is 7.23. The van der Waals surface area contributed by atoms with E-state index in [0.29, 0.717) is 0 Å². The molecule has 0 spiro atoms. The monoisotopic (exact) mass is 366 g/mol. The topological polar surface area (TPSA) is 0 Å². The minimum Gasteiger partial charge on any atom is -0.0982 e. The van der Waals surface area contributed by atoms with Crippen molar-refractivity contribution < 1.29 is 0 Å². The lowest BCUT2D eigenvalue weighted by molar-refractivity contribution is 0.719. The van der Waals surface area contributed by atoms with E-state index in [1.807, 2.05) is 0 Å². The highest BCUT2D eigenvalue weighted by Gasteiger charge is 2.01. The van der Waals surface area contributed by atoms with Gasteiger partial charge in [0, 0.05) is 24.8 Å². The summed E-state index contributed by atoms with van der Waals surface area (Å²) >= 11 is 0. The molecule has 0 saturated heterocycles. The van der Waals surface area contributed by atoms with Crippen molar-refractivity contribution in [1.82, 2.24) is 0 Å². The van der Waals surface area contributed by atoms with Crippen molar-refractivity contribution in [2.24, 2.45) is 0 Å². The lowest BCUT2D eigenvalue weighted by Crippen LogP contribution is -1.89. The molecule has 0 fully saturated rings. The molecular weight excluding hydrogens is 324 g/mol. The first-order valence-electron chi connectivity index (χ1n) is 11.5. The molecule has 0 N–H and O–H groups in total. The van der Waals surface area contributed by atoms with Crippen LogP contribution in [-0.4, -0.2) is 0 Å². The largest absolute Gasteiger partial charge is 0.0982 e. The van der Waals surface area contributed by atoms with Crippen molar-refractivity contribution in [3.63, 3.8) is 0 Å². The normalized spacial score (nSPS) is 10.7. The molecule has 150 valence electrons. The smallest absolute Gasteiger partial charge is 0.0859 e. The fraction of sp³-hybridized carbons (Fsp3) is 0.704. The van der Waals surface area contributed by atoms with Crippen molar-refractivity contribution in [2.45, 2.75) is 124 Å². The molecule has 0 amide bonds. The molecule has 0 atom stereocenters. The Bertz CT molecular complexity index is 556. The molecule has 0 unspecified atom stereocenters. The summed E-state index contributed by atoms with van der Waals surface area (Å²) in [6.45, 7) is 8.93. The predicted molar refractivity (Wildman–Crippen MR) is 122 cm³/mol. The van der Waals surface area contributed by atoms with Crippen LogP contribution in [0, 0.1) is 35.5 Å². The number of allylic oxidation sites excluding steroid dienone is 2. The maximum absolute atomic E-state index is 3.46. The van der Waals surface area contributed by atoms with E-state index in [1.54, 1.807) is 0 Å². The van der Waals surface area contributed by atoms with E-state index in [9.17, 15) is 0 Å². The van der Waals surface area contributed by atoms with E-state index in [1.165, 1.54) is 69.8 Å². The van der Waals surface area contributed by atoms with Crippen molar-refractivity contribution in [1.29, 1.82) is 0 Å². The van der Waals surface area contributed by atoms with Crippen LogP contribution in [0.3, 0.4) is 0 Å². The van der Waals surface area contributed by atoms with Crippen LogP contribution in [0.1, 0.15) is 124 Å². The van der Waals surface area contributed by atoms with E-state index in [0.717, 1.165) is 37.7 Å². The number of hydrogen-bond donors (Lipinski definition) is 0. The van der Waals surface area contributed by atoms with Gasteiger partial charge in [0.25, 0.3) is 0 Å². The van der Waals surface area contributed by atoms with Gasteiger partial charge in [-0.2, -0.15) is 0 Å². The van der Waals surface area contributed by atoms with E-state index in [-0.39, 0.29) is 0 Å². The van der Waals surface area contributed by atoms with Crippen LogP contribution in [-0.2, 0) is 0 Å². The van der Waals surface area contributed by atoms with Gasteiger partial charge in [0.05, 0.1) is 5.57 Å². The van der Waals surface area contributed by atoms with Crippen LogP contribution in [0.15, 0.2) is 11.1 Å². The van der Waals surface area contributed by atoms with Crippen LogP contribution in [0.25, 0.3) is 0 Å². The van der Waals surface area contributed by atoms with Crippen molar-refractivity contribution in [3.05, 3.63) is 11.1 Å². The molecular formula is C27H42. The third-order valence-corrected chi connectivity index (χ3v) is 4.46. The van der Waals surface area contributed by atoms with Crippen LogP contribution >= 0.6 is 0 Å². The lowest BCUT2D eigenvalue weighted by atomic mass is 10.0. The number of hydrogen-bond acceptors (Lipinski definition) is 0. The number of rotatable bonds is 12. The van der Waals surface area contributed by atoms with Gasteiger partial charge in [-0.1, -0.05) is 108 Å².